The van der Waals surface area contributed by atoms with Crippen molar-refractivity contribution in [1.82, 2.24) is 19.1 Å². The van der Waals surface area contributed by atoms with Crippen LogP contribution in [0, 0.1) is 0 Å². The normalized spacial score (nSPS) is 11.9. The third-order valence-electron chi connectivity index (χ3n) is 6.60. The number of nitrogens with zero attached hydrogens (tertiary/aromatic N) is 3. The Morgan fingerprint density at radius 2 is 1.65 bits per heavy atom. The summed E-state index contributed by atoms with van der Waals surface area (Å²) in [5.74, 6) is -0.443. The van der Waals surface area contributed by atoms with E-state index in [1.165, 1.54) is 34.9 Å². The molecule has 0 saturated heterocycles. The topological polar surface area (TPSA) is 112 Å². The predicted octanol–water partition coefficient (Wildman–Crippen LogP) is 4.95. The molecule has 1 heterocycles. The molecular weight excluding hydrogens is 585 g/mol. The average molecular weight is 617 g/mol. The number of hydrogen-bond donors (Lipinski definition) is 1. The van der Waals surface area contributed by atoms with E-state index in [4.69, 9.17) is 4.74 Å². The van der Waals surface area contributed by atoms with Crippen molar-refractivity contribution in [3.8, 4) is 16.8 Å². The van der Waals surface area contributed by atoms with E-state index in [0.29, 0.717) is 35.4 Å². The molecule has 4 rings (SSSR count). The van der Waals surface area contributed by atoms with Crippen LogP contribution in [-0.2, 0) is 38.7 Å². The smallest absolute Gasteiger partial charge is 0.372 e. The highest BCUT2D eigenvalue weighted by molar-refractivity contribution is 7.90. The number of halogens is 3. The van der Waals surface area contributed by atoms with Gasteiger partial charge < -0.3 is 4.74 Å². The van der Waals surface area contributed by atoms with E-state index in [1.807, 2.05) is 11.6 Å². The molecule has 1 N–H and O–H groups in total. The summed E-state index contributed by atoms with van der Waals surface area (Å²) < 4.78 is 76.2. The minimum Gasteiger partial charge on any atom is -0.372 e. The molecule has 0 aliphatic heterocycles. The highest BCUT2D eigenvalue weighted by Crippen LogP contribution is 2.33. The van der Waals surface area contributed by atoms with Gasteiger partial charge in [-0.05, 0) is 42.7 Å². The molecule has 0 atom stereocenters. The third-order valence-corrected chi connectivity index (χ3v) is 8.03. The molecule has 0 bridgehead atoms. The Labute approximate surface area is 247 Å². The molecule has 0 unspecified atom stereocenters. The summed E-state index contributed by atoms with van der Waals surface area (Å²) in [5.41, 5.74) is -0.476. The van der Waals surface area contributed by atoms with E-state index in [0.717, 1.165) is 17.2 Å². The van der Waals surface area contributed by atoms with Gasteiger partial charge in [-0.1, -0.05) is 67.9 Å². The van der Waals surface area contributed by atoms with E-state index in [1.54, 1.807) is 43.3 Å². The lowest BCUT2D eigenvalue weighted by Crippen LogP contribution is -2.33. The van der Waals surface area contributed by atoms with Crippen LogP contribution in [0.4, 0.5) is 13.2 Å². The second-order valence-corrected chi connectivity index (χ2v) is 11.3. The number of amides is 1. The van der Waals surface area contributed by atoms with Crippen molar-refractivity contribution < 1.29 is 31.1 Å². The second kappa shape index (κ2) is 13.4. The second-order valence-electron chi connectivity index (χ2n) is 9.67. The Morgan fingerprint density at radius 3 is 2.33 bits per heavy atom. The first-order valence-electron chi connectivity index (χ1n) is 13.6. The Kier molecular flexibility index (Phi) is 9.87. The predicted molar refractivity (Wildman–Crippen MR) is 154 cm³/mol. The number of benzene rings is 3. The number of carbonyl (C=O) groups excluding carboxylic acids is 1. The van der Waals surface area contributed by atoms with E-state index in [9.17, 15) is 31.2 Å². The first-order valence-corrected chi connectivity index (χ1v) is 15.1. The van der Waals surface area contributed by atoms with Gasteiger partial charge in [-0.3, -0.25) is 9.36 Å². The molecule has 0 saturated carbocycles. The number of carbonyl (C=O) groups is 1. The third kappa shape index (κ3) is 7.41. The molecular formula is C30H31F3N4O5S. The Hall–Kier alpha value is -4.23. The Balaban J connectivity index is 1.66. The van der Waals surface area contributed by atoms with Crippen molar-refractivity contribution in [3.05, 3.63) is 100 Å². The van der Waals surface area contributed by atoms with E-state index < -0.39 is 40.0 Å². The van der Waals surface area contributed by atoms with E-state index in [2.05, 4.69) is 5.10 Å². The maximum atomic E-state index is 13.7. The molecule has 0 fully saturated rings. The number of rotatable bonds is 12. The van der Waals surface area contributed by atoms with Crippen LogP contribution in [0.25, 0.3) is 16.8 Å². The van der Waals surface area contributed by atoms with E-state index in [-0.39, 0.29) is 23.7 Å². The number of ether oxygens (including phenoxy) is 1. The van der Waals surface area contributed by atoms with Crippen LogP contribution in [0.15, 0.2) is 82.5 Å². The summed E-state index contributed by atoms with van der Waals surface area (Å²) in [4.78, 5) is 25.4. The quantitative estimate of drug-likeness (QED) is 0.241. The number of alkyl halides is 3. The highest BCUT2D eigenvalue weighted by atomic mass is 32.2. The molecule has 0 spiro atoms. The number of aromatic nitrogens is 3. The molecule has 228 valence electrons. The Morgan fingerprint density at radius 1 is 0.977 bits per heavy atom. The number of nitrogens with one attached hydrogen (secondary N) is 1. The summed E-state index contributed by atoms with van der Waals surface area (Å²) in [6.45, 7) is 3.54. The van der Waals surface area contributed by atoms with Gasteiger partial charge in [0.25, 0.3) is 15.9 Å². The fraction of sp³-hybridized carbons (Fsp3) is 0.300. The van der Waals surface area contributed by atoms with Gasteiger partial charge >= 0.3 is 11.9 Å². The minimum atomic E-state index is -4.67. The van der Waals surface area contributed by atoms with Crippen LogP contribution in [-0.4, -0.2) is 41.9 Å². The summed E-state index contributed by atoms with van der Waals surface area (Å²) in [7, 11) is -4.20. The molecule has 0 aliphatic carbocycles. The fourth-order valence-electron chi connectivity index (χ4n) is 4.51. The fourth-order valence-corrected chi connectivity index (χ4v) is 5.71. The van der Waals surface area contributed by atoms with Crippen molar-refractivity contribution in [2.45, 2.75) is 50.7 Å². The molecule has 1 amide bonds. The molecule has 3 aromatic carbocycles. The average Bonchev–Trinajstić information content (AvgIpc) is 3.29. The van der Waals surface area contributed by atoms with Gasteiger partial charge in [0.1, 0.15) is 12.4 Å². The van der Waals surface area contributed by atoms with Crippen LogP contribution in [0.3, 0.4) is 0 Å². The molecule has 43 heavy (non-hydrogen) atoms. The van der Waals surface area contributed by atoms with Gasteiger partial charge in [0.15, 0.2) is 0 Å². The zero-order valence-electron chi connectivity index (χ0n) is 23.6. The first kappa shape index (κ1) is 31.7. The highest BCUT2D eigenvalue weighted by Gasteiger charge is 2.35. The maximum absolute atomic E-state index is 13.7. The van der Waals surface area contributed by atoms with E-state index >= 15 is 0 Å². The number of hydrogen-bond acceptors (Lipinski definition) is 6. The lowest BCUT2D eigenvalue weighted by Gasteiger charge is -2.13. The van der Waals surface area contributed by atoms with Crippen LogP contribution in [0.2, 0.25) is 0 Å². The zero-order chi connectivity index (χ0) is 31.2. The largest absolute Gasteiger partial charge is 0.418 e. The van der Waals surface area contributed by atoms with Gasteiger partial charge in [-0.25, -0.2) is 17.9 Å². The van der Waals surface area contributed by atoms with Crippen LogP contribution >= 0.6 is 0 Å². The molecule has 0 radical (unpaired) electrons. The minimum absolute atomic E-state index is 0.0414. The SMILES string of the molecule is CCCCc1nn(-c2ccccc2C(F)(F)F)c(=O)n1Cc1ccc(-c2ccccc2S(=O)(=O)NC(=O)COCC)cc1. The zero-order valence-corrected chi connectivity index (χ0v) is 24.4. The van der Waals surface area contributed by atoms with Crippen LogP contribution in [0.5, 0.6) is 0 Å². The van der Waals surface area contributed by atoms with Gasteiger partial charge in [-0.2, -0.15) is 17.9 Å². The summed E-state index contributed by atoms with van der Waals surface area (Å²) in [6.07, 6.45) is -2.80. The number of para-hydroxylation sites is 1. The standard InChI is InChI=1S/C30H31F3N4O5S/c1-3-5-14-27-34-37(25-12-8-7-11-24(25)30(31,32)33)29(39)36(27)19-21-15-17-22(18-16-21)23-10-6-9-13-26(23)43(40,41)35-28(38)20-42-4-2/h6-13,15-18H,3-5,14,19-20H2,1-2H3,(H,35,38). The molecule has 9 nitrogen and oxygen atoms in total. The van der Waals surface area contributed by atoms with Crippen molar-refractivity contribution in [1.29, 1.82) is 0 Å². The van der Waals surface area contributed by atoms with Crippen molar-refractivity contribution in [2.24, 2.45) is 0 Å². The summed E-state index contributed by atoms with van der Waals surface area (Å²) in [5, 5.41) is 4.29. The molecule has 0 aliphatic rings. The molecule has 13 heteroatoms. The molecule has 1 aromatic heterocycles. The number of unbranched alkanes of at least 4 members (excludes halogenated alkanes) is 1. The van der Waals surface area contributed by atoms with Gasteiger partial charge in [0, 0.05) is 18.6 Å². The van der Waals surface area contributed by atoms with Crippen LogP contribution < -0.4 is 10.4 Å². The maximum Gasteiger partial charge on any atom is 0.418 e. The summed E-state index contributed by atoms with van der Waals surface area (Å²) in [6, 6.07) is 17.7. The van der Waals surface area contributed by atoms with Crippen molar-refractivity contribution in [3.63, 3.8) is 0 Å². The number of sulfonamides is 1. The number of aryl methyl sites for hydroxylation is 1. The summed E-state index contributed by atoms with van der Waals surface area (Å²) >= 11 is 0. The monoisotopic (exact) mass is 616 g/mol. The lowest BCUT2D eigenvalue weighted by molar-refractivity contribution is -0.137. The van der Waals surface area contributed by atoms with Crippen molar-refractivity contribution in [2.75, 3.05) is 13.2 Å². The van der Waals surface area contributed by atoms with Gasteiger partial charge in [-0.15, -0.1) is 5.10 Å². The lowest BCUT2D eigenvalue weighted by atomic mass is 10.0. The first-order chi connectivity index (χ1) is 20.5. The molecule has 4 aromatic rings. The van der Waals surface area contributed by atoms with Crippen LogP contribution in [0.1, 0.15) is 43.6 Å². The van der Waals surface area contributed by atoms with Gasteiger partial charge in [0.2, 0.25) is 0 Å². The van der Waals surface area contributed by atoms with Gasteiger partial charge in [0.05, 0.1) is 22.7 Å². The van der Waals surface area contributed by atoms with Crippen molar-refractivity contribution >= 4 is 15.9 Å². The Bertz CT molecular complexity index is 1750.